The van der Waals surface area contributed by atoms with E-state index in [0.717, 1.165) is 11.3 Å². The predicted molar refractivity (Wildman–Crippen MR) is 80.9 cm³/mol. The highest BCUT2D eigenvalue weighted by Gasteiger charge is 2.07. The summed E-state index contributed by atoms with van der Waals surface area (Å²) >= 11 is 3.27. The van der Waals surface area contributed by atoms with Crippen molar-refractivity contribution in [2.24, 2.45) is 0 Å². The Morgan fingerprint density at radius 2 is 2.05 bits per heavy atom. The maximum Gasteiger partial charge on any atom is 0.337 e. The molecule has 0 saturated carbocycles. The molecule has 0 fully saturated rings. The van der Waals surface area contributed by atoms with Gasteiger partial charge in [0.15, 0.2) is 0 Å². The van der Waals surface area contributed by atoms with Gasteiger partial charge in [-0.3, -0.25) is 0 Å². The Hall–Kier alpha value is -2.01. The van der Waals surface area contributed by atoms with Crippen molar-refractivity contribution in [3.63, 3.8) is 0 Å². The minimum Gasteiger partial charge on any atom is -0.506 e. The van der Waals surface area contributed by atoms with Crippen molar-refractivity contribution in [2.45, 2.75) is 6.54 Å². The summed E-state index contributed by atoms with van der Waals surface area (Å²) < 4.78 is 5.33. The normalized spacial score (nSPS) is 10.1. The van der Waals surface area contributed by atoms with Crippen LogP contribution in [0.4, 0.5) is 5.69 Å². The minimum absolute atomic E-state index is 0.212. The number of esters is 1. The van der Waals surface area contributed by atoms with Crippen molar-refractivity contribution in [3.8, 4) is 5.75 Å². The Bertz CT molecular complexity index is 628. The number of carbonyl (C=O) groups is 1. The van der Waals surface area contributed by atoms with Crippen LogP contribution < -0.4 is 5.32 Å². The number of hydrogen-bond acceptors (Lipinski definition) is 4. The Morgan fingerprint density at radius 1 is 1.30 bits per heavy atom. The summed E-state index contributed by atoms with van der Waals surface area (Å²) in [6.07, 6.45) is 0. The molecule has 0 unspecified atom stereocenters. The van der Waals surface area contributed by atoms with Gasteiger partial charge in [0.25, 0.3) is 0 Å². The number of rotatable bonds is 4. The zero-order valence-corrected chi connectivity index (χ0v) is 12.5. The molecule has 2 rings (SSSR count). The van der Waals surface area contributed by atoms with Gasteiger partial charge in [-0.1, -0.05) is 18.2 Å². The van der Waals surface area contributed by atoms with Gasteiger partial charge in [-0.05, 0) is 40.2 Å². The van der Waals surface area contributed by atoms with E-state index in [-0.39, 0.29) is 11.7 Å². The zero-order chi connectivity index (χ0) is 14.5. The third kappa shape index (κ3) is 3.30. The van der Waals surface area contributed by atoms with Crippen molar-refractivity contribution >= 4 is 27.6 Å². The summed E-state index contributed by atoms with van der Waals surface area (Å²) in [6.45, 7) is 0.454. The fraction of sp³-hybridized carbons (Fsp3) is 0.133. The van der Waals surface area contributed by atoms with E-state index in [2.05, 4.69) is 26.0 Å². The molecule has 0 spiro atoms. The van der Waals surface area contributed by atoms with Crippen LogP contribution in [0, 0.1) is 0 Å². The molecule has 104 valence electrons. The highest BCUT2D eigenvalue weighted by Crippen LogP contribution is 2.28. The Balaban J connectivity index is 2.11. The molecule has 0 bridgehead atoms. The van der Waals surface area contributed by atoms with Crippen molar-refractivity contribution < 1.29 is 14.6 Å². The number of methoxy groups -OCH3 is 1. The van der Waals surface area contributed by atoms with E-state index in [1.807, 2.05) is 18.2 Å². The third-order valence-electron chi connectivity index (χ3n) is 2.84. The number of hydrogen-bond donors (Lipinski definition) is 2. The van der Waals surface area contributed by atoms with Crippen LogP contribution in [0.25, 0.3) is 0 Å². The van der Waals surface area contributed by atoms with E-state index in [1.54, 1.807) is 24.3 Å². The van der Waals surface area contributed by atoms with E-state index < -0.39 is 0 Å². The molecule has 0 saturated heterocycles. The largest absolute Gasteiger partial charge is 0.506 e. The standard InChI is InChI=1S/C15H14BrNO3/c1-20-15(19)10-4-2-6-12(8-10)17-9-11-5-3-7-13(16)14(11)18/h2-8,17-18H,9H2,1H3. The minimum atomic E-state index is -0.376. The molecule has 5 heteroatoms. The predicted octanol–water partition coefficient (Wildman–Crippen LogP) is 3.55. The lowest BCUT2D eigenvalue weighted by Crippen LogP contribution is -2.04. The SMILES string of the molecule is COC(=O)c1cccc(NCc2cccc(Br)c2O)c1. The number of anilines is 1. The first-order valence-corrected chi connectivity index (χ1v) is 6.79. The van der Waals surface area contributed by atoms with Crippen LogP contribution in [0.1, 0.15) is 15.9 Å². The number of benzene rings is 2. The summed E-state index contributed by atoms with van der Waals surface area (Å²) in [5.74, 6) is -0.164. The first kappa shape index (κ1) is 14.4. The second kappa shape index (κ2) is 6.43. The molecule has 0 heterocycles. The van der Waals surface area contributed by atoms with Gasteiger partial charge in [0.05, 0.1) is 17.1 Å². The highest BCUT2D eigenvalue weighted by atomic mass is 79.9. The topological polar surface area (TPSA) is 58.6 Å². The summed E-state index contributed by atoms with van der Waals surface area (Å²) in [5.41, 5.74) is 2.03. The van der Waals surface area contributed by atoms with Crippen molar-refractivity contribution in [1.29, 1.82) is 0 Å². The number of phenols is 1. The van der Waals surface area contributed by atoms with Crippen molar-refractivity contribution in [3.05, 3.63) is 58.1 Å². The van der Waals surface area contributed by atoms with Gasteiger partial charge in [-0.2, -0.15) is 0 Å². The summed E-state index contributed by atoms with van der Waals surface area (Å²) in [7, 11) is 1.35. The summed E-state index contributed by atoms with van der Waals surface area (Å²) in [6, 6.07) is 12.5. The fourth-order valence-electron chi connectivity index (χ4n) is 1.77. The zero-order valence-electron chi connectivity index (χ0n) is 10.9. The number of para-hydroxylation sites is 1. The van der Waals surface area contributed by atoms with Gasteiger partial charge in [0, 0.05) is 17.8 Å². The number of phenolic OH excluding ortho intramolecular Hbond substituents is 1. The number of carbonyl (C=O) groups excluding carboxylic acids is 1. The molecular weight excluding hydrogens is 322 g/mol. The van der Waals surface area contributed by atoms with Crippen LogP contribution in [0.15, 0.2) is 46.9 Å². The van der Waals surface area contributed by atoms with Gasteiger partial charge >= 0.3 is 5.97 Å². The lowest BCUT2D eigenvalue weighted by atomic mass is 10.1. The molecule has 2 aromatic rings. The van der Waals surface area contributed by atoms with Crippen molar-refractivity contribution in [1.82, 2.24) is 0 Å². The number of nitrogens with one attached hydrogen (secondary N) is 1. The quantitative estimate of drug-likeness (QED) is 0.839. The van der Waals surface area contributed by atoms with E-state index >= 15 is 0 Å². The van der Waals surface area contributed by atoms with Crippen molar-refractivity contribution in [2.75, 3.05) is 12.4 Å². The first-order valence-electron chi connectivity index (χ1n) is 6.00. The molecule has 4 nitrogen and oxygen atoms in total. The molecule has 0 aliphatic rings. The van der Waals surface area contributed by atoms with E-state index in [9.17, 15) is 9.90 Å². The third-order valence-corrected chi connectivity index (χ3v) is 3.48. The Kier molecular flexibility index (Phi) is 4.63. The molecule has 0 atom stereocenters. The average Bonchev–Trinajstić information content (AvgIpc) is 2.48. The fourth-order valence-corrected chi connectivity index (χ4v) is 2.18. The Labute approximate surface area is 125 Å². The molecule has 0 aliphatic heterocycles. The first-order chi connectivity index (χ1) is 9.61. The lowest BCUT2D eigenvalue weighted by molar-refractivity contribution is 0.0601. The van der Waals surface area contributed by atoms with Gasteiger partial charge in [-0.15, -0.1) is 0 Å². The maximum atomic E-state index is 11.4. The van der Waals surface area contributed by atoms with Crippen LogP contribution in [-0.2, 0) is 11.3 Å². The van der Waals surface area contributed by atoms with E-state index in [4.69, 9.17) is 0 Å². The molecule has 0 amide bonds. The number of aromatic hydroxyl groups is 1. The summed E-state index contributed by atoms with van der Waals surface area (Å²) in [4.78, 5) is 11.4. The molecule has 2 N–H and O–H groups in total. The molecule has 0 aromatic heterocycles. The number of ether oxygens (including phenoxy) is 1. The average molecular weight is 336 g/mol. The van der Waals surface area contributed by atoms with Crippen LogP contribution in [-0.4, -0.2) is 18.2 Å². The Morgan fingerprint density at radius 3 is 2.80 bits per heavy atom. The van der Waals surface area contributed by atoms with Gasteiger partial charge in [0.1, 0.15) is 5.75 Å². The molecule has 2 aromatic carbocycles. The van der Waals surface area contributed by atoms with Gasteiger partial charge in [0.2, 0.25) is 0 Å². The second-order valence-electron chi connectivity index (χ2n) is 4.17. The van der Waals surface area contributed by atoms with Crippen LogP contribution in [0.2, 0.25) is 0 Å². The van der Waals surface area contributed by atoms with Crippen LogP contribution in [0.5, 0.6) is 5.75 Å². The van der Waals surface area contributed by atoms with Crippen LogP contribution >= 0.6 is 15.9 Å². The lowest BCUT2D eigenvalue weighted by Gasteiger charge is -2.10. The summed E-state index contributed by atoms with van der Waals surface area (Å²) in [5, 5.41) is 13.1. The monoisotopic (exact) mass is 335 g/mol. The van der Waals surface area contributed by atoms with Gasteiger partial charge < -0.3 is 15.2 Å². The molecule has 20 heavy (non-hydrogen) atoms. The highest BCUT2D eigenvalue weighted by molar-refractivity contribution is 9.10. The van der Waals surface area contributed by atoms with E-state index in [1.165, 1.54) is 7.11 Å². The van der Waals surface area contributed by atoms with E-state index in [0.29, 0.717) is 16.6 Å². The van der Waals surface area contributed by atoms with Gasteiger partial charge in [-0.25, -0.2) is 4.79 Å². The second-order valence-corrected chi connectivity index (χ2v) is 5.03. The smallest absolute Gasteiger partial charge is 0.337 e. The molecular formula is C15H14BrNO3. The number of halogens is 1. The molecule has 0 radical (unpaired) electrons. The van der Waals surface area contributed by atoms with Crippen LogP contribution in [0.3, 0.4) is 0 Å². The molecule has 0 aliphatic carbocycles. The maximum absolute atomic E-state index is 11.4.